The summed E-state index contributed by atoms with van der Waals surface area (Å²) < 4.78 is 41.3. The van der Waals surface area contributed by atoms with E-state index >= 15 is 0 Å². The van der Waals surface area contributed by atoms with Gasteiger partial charge in [-0.1, -0.05) is 43.7 Å². The summed E-state index contributed by atoms with van der Waals surface area (Å²) in [4.78, 5) is 0. The van der Waals surface area contributed by atoms with Crippen LogP contribution in [0.4, 0.5) is 13.2 Å². The fourth-order valence-electron chi connectivity index (χ4n) is 1.83. The molecule has 1 aromatic rings. The maximum atomic E-state index is 12.1. The molecule has 0 atom stereocenters. The molecule has 0 N–H and O–H groups in total. The summed E-state index contributed by atoms with van der Waals surface area (Å²) in [6.07, 6.45) is -0.191. The van der Waals surface area contributed by atoms with E-state index in [-0.39, 0.29) is 12.0 Å². The van der Waals surface area contributed by atoms with E-state index in [9.17, 15) is 13.2 Å². The molecule has 1 aromatic carbocycles. The highest BCUT2D eigenvalue weighted by Crippen LogP contribution is 2.34. The third-order valence-electron chi connectivity index (χ3n) is 3.00. The van der Waals surface area contributed by atoms with Crippen LogP contribution < -0.4 is 4.74 Å². The molecule has 0 aliphatic heterocycles. The quantitative estimate of drug-likeness (QED) is 0.595. The summed E-state index contributed by atoms with van der Waals surface area (Å²) in [6, 6.07) is 7.96. The van der Waals surface area contributed by atoms with E-state index in [0.29, 0.717) is 12.0 Å². The Morgan fingerprint density at radius 2 is 1.55 bits per heavy atom. The Hall–Kier alpha value is -1.71. The van der Waals surface area contributed by atoms with Crippen LogP contribution in [0.1, 0.15) is 39.2 Å². The predicted molar refractivity (Wildman–Crippen MR) is 86.2 cm³/mol. The summed E-state index contributed by atoms with van der Waals surface area (Å²) >= 11 is 0. The van der Waals surface area contributed by atoms with Gasteiger partial charge < -0.3 is 4.74 Å². The molecule has 0 spiro atoms. The van der Waals surface area contributed by atoms with Crippen LogP contribution in [-0.2, 0) is 0 Å². The highest BCUT2D eigenvalue weighted by molar-refractivity contribution is 5.30. The van der Waals surface area contributed by atoms with Crippen molar-refractivity contribution in [1.82, 2.24) is 0 Å². The average Bonchev–Trinajstić information content (AvgIpc) is 2.50. The van der Waals surface area contributed by atoms with Crippen LogP contribution in [0.25, 0.3) is 0 Å². The third-order valence-corrected chi connectivity index (χ3v) is 3.00. The molecule has 0 aromatic heterocycles. The lowest BCUT2D eigenvalue weighted by Crippen LogP contribution is -2.14. The highest BCUT2D eigenvalue weighted by Gasteiger charge is 2.34. The predicted octanol–water partition coefficient (Wildman–Crippen LogP) is 6.25. The Balaban J connectivity index is 0.000000366. The second-order valence-electron chi connectivity index (χ2n) is 4.62. The summed E-state index contributed by atoms with van der Waals surface area (Å²) in [5, 5.41) is 0. The molecule has 0 radical (unpaired) electrons. The molecule has 0 bridgehead atoms. The summed E-state index contributed by atoms with van der Waals surface area (Å²) in [5.74, 6) is 0.917. The number of alkyl halides is 3. The van der Waals surface area contributed by atoms with Crippen molar-refractivity contribution in [3.63, 3.8) is 0 Å². The van der Waals surface area contributed by atoms with Crippen LogP contribution in [0.5, 0.6) is 5.75 Å². The lowest BCUT2D eigenvalue weighted by Gasteiger charge is -2.15. The molecule has 1 nitrogen and oxygen atoms in total. The molecule has 0 unspecified atom stereocenters. The zero-order valence-corrected chi connectivity index (χ0v) is 13.9. The monoisotopic (exact) mass is 314 g/mol. The molecular weight excluding hydrogens is 289 g/mol. The number of ether oxygens (including phenoxy) is 1. The minimum atomic E-state index is -4.13. The third kappa shape index (κ3) is 7.34. The Morgan fingerprint density at radius 3 is 1.91 bits per heavy atom. The first-order valence-electron chi connectivity index (χ1n) is 7.38. The summed E-state index contributed by atoms with van der Waals surface area (Å²) in [5.41, 5.74) is 1.24. The van der Waals surface area contributed by atoms with Gasteiger partial charge in [0.25, 0.3) is 0 Å². The maximum Gasteiger partial charge on any atom is 0.412 e. The van der Waals surface area contributed by atoms with Crippen molar-refractivity contribution in [3.8, 4) is 5.75 Å². The van der Waals surface area contributed by atoms with Gasteiger partial charge in [0.05, 0.1) is 7.11 Å². The van der Waals surface area contributed by atoms with Gasteiger partial charge in [-0.3, -0.25) is 0 Å². The van der Waals surface area contributed by atoms with Crippen molar-refractivity contribution in [2.75, 3.05) is 7.11 Å². The van der Waals surface area contributed by atoms with E-state index in [4.69, 9.17) is 4.74 Å². The van der Waals surface area contributed by atoms with E-state index in [0.717, 1.165) is 5.75 Å². The first-order chi connectivity index (χ1) is 10.3. The number of rotatable bonds is 1. The van der Waals surface area contributed by atoms with Gasteiger partial charge in [-0.05, 0) is 44.4 Å². The molecule has 22 heavy (non-hydrogen) atoms. The molecule has 2 rings (SSSR count). The number of benzene rings is 1. The van der Waals surface area contributed by atoms with Gasteiger partial charge in [-0.25, -0.2) is 0 Å². The van der Waals surface area contributed by atoms with Gasteiger partial charge in [0, 0.05) is 5.57 Å². The lowest BCUT2D eigenvalue weighted by molar-refractivity contribution is -0.0947. The molecule has 0 fully saturated rings. The average molecular weight is 314 g/mol. The molecule has 0 amide bonds. The second kappa shape index (κ2) is 10.1. The number of hydrogen-bond acceptors (Lipinski definition) is 1. The normalized spacial score (nSPS) is 13.6. The first-order valence-corrected chi connectivity index (χ1v) is 7.38. The van der Waals surface area contributed by atoms with Crippen molar-refractivity contribution < 1.29 is 17.9 Å². The SMILES string of the molecule is CC.CC1=C(C(F)(F)F)CCC=C1.COc1ccc(C)cc1. The van der Waals surface area contributed by atoms with Gasteiger partial charge in [-0.2, -0.15) is 13.2 Å². The number of halogens is 3. The minimum absolute atomic E-state index is 0.131. The van der Waals surface area contributed by atoms with Crippen LogP contribution >= 0.6 is 0 Å². The molecule has 0 heterocycles. The number of methoxy groups -OCH3 is 1. The lowest BCUT2D eigenvalue weighted by atomic mass is 9.98. The van der Waals surface area contributed by atoms with E-state index in [1.54, 1.807) is 13.2 Å². The van der Waals surface area contributed by atoms with Gasteiger partial charge in [0.15, 0.2) is 0 Å². The van der Waals surface area contributed by atoms with Crippen LogP contribution in [0.2, 0.25) is 0 Å². The molecular formula is C18H25F3O. The maximum absolute atomic E-state index is 12.1. The summed E-state index contributed by atoms with van der Waals surface area (Å²) in [7, 11) is 1.67. The molecule has 0 saturated heterocycles. The minimum Gasteiger partial charge on any atom is -0.497 e. The van der Waals surface area contributed by atoms with Gasteiger partial charge >= 0.3 is 6.18 Å². The van der Waals surface area contributed by atoms with E-state index < -0.39 is 6.18 Å². The molecule has 124 valence electrons. The topological polar surface area (TPSA) is 9.23 Å². The molecule has 4 heteroatoms. The van der Waals surface area contributed by atoms with E-state index in [2.05, 4.69) is 6.92 Å². The Morgan fingerprint density at radius 1 is 1.00 bits per heavy atom. The number of allylic oxidation sites excluding steroid dienone is 4. The Bertz CT molecular complexity index is 482. The fraction of sp³-hybridized carbons (Fsp3) is 0.444. The largest absolute Gasteiger partial charge is 0.497 e. The van der Waals surface area contributed by atoms with Gasteiger partial charge in [-0.15, -0.1) is 0 Å². The highest BCUT2D eigenvalue weighted by atomic mass is 19.4. The fourth-order valence-corrected chi connectivity index (χ4v) is 1.83. The van der Waals surface area contributed by atoms with Gasteiger partial charge in [0.2, 0.25) is 0 Å². The van der Waals surface area contributed by atoms with Crippen molar-refractivity contribution in [2.45, 2.75) is 46.7 Å². The van der Waals surface area contributed by atoms with Crippen molar-refractivity contribution in [2.24, 2.45) is 0 Å². The second-order valence-corrected chi connectivity index (χ2v) is 4.62. The van der Waals surface area contributed by atoms with Gasteiger partial charge in [0.1, 0.15) is 5.75 Å². The Kier molecular flexibility index (Phi) is 9.31. The van der Waals surface area contributed by atoms with Crippen LogP contribution in [0.3, 0.4) is 0 Å². The van der Waals surface area contributed by atoms with Crippen molar-refractivity contribution >= 4 is 0 Å². The smallest absolute Gasteiger partial charge is 0.412 e. The zero-order valence-electron chi connectivity index (χ0n) is 13.9. The van der Waals surface area contributed by atoms with E-state index in [1.165, 1.54) is 18.6 Å². The number of hydrogen-bond donors (Lipinski definition) is 0. The van der Waals surface area contributed by atoms with Crippen LogP contribution in [0.15, 0.2) is 47.6 Å². The van der Waals surface area contributed by atoms with Crippen LogP contribution in [0, 0.1) is 6.92 Å². The first kappa shape index (κ1) is 20.3. The number of aryl methyl sites for hydroxylation is 1. The molecule has 0 saturated carbocycles. The van der Waals surface area contributed by atoms with E-state index in [1.807, 2.05) is 38.1 Å². The molecule has 1 aliphatic carbocycles. The summed E-state index contributed by atoms with van der Waals surface area (Å²) in [6.45, 7) is 7.55. The standard InChI is InChI=1S/C8H9F3.C8H10O.C2H6/c1-6-4-2-3-5-7(6)8(9,10)11;1-7-3-5-8(9-2)6-4-7;1-2/h2,4H,3,5H2,1H3;3-6H,1-2H3;1-2H3. The van der Waals surface area contributed by atoms with Crippen molar-refractivity contribution in [3.05, 3.63) is 53.1 Å². The van der Waals surface area contributed by atoms with Crippen molar-refractivity contribution in [1.29, 1.82) is 0 Å². The Labute approximate surface area is 131 Å². The zero-order chi connectivity index (χ0) is 17.2. The molecule has 1 aliphatic rings. The van der Waals surface area contributed by atoms with Crippen LogP contribution in [-0.4, -0.2) is 13.3 Å².